The molecule has 0 saturated heterocycles. The minimum absolute atomic E-state index is 0.121. The molecular weight excluding hydrogens is 268 g/mol. The number of hydrogen-bond donors (Lipinski definition) is 0. The van der Waals surface area contributed by atoms with Gasteiger partial charge in [0.1, 0.15) is 11.6 Å². The fourth-order valence-corrected chi connectivity index (χ4v) is 2.39. The van der Waals surface area contributed by atoms with Crippen LogP contribution in [0.3, 0.4) is 0 Å². The van der Waals surface area contributed by atoms with Crippen LogP contribution in [-0.2, 0) is 14.3 Å². The predicted molar refractivity (Wildman–Crippen MR) is 84.9 cm³/mol. The highest BCUT2D eigenvalue weighted by atomic mass is 16.5. The van der Waals surface area contributed by atoms with Gasteiger partial charge in [0.05, 0.1) is 14.2 Å². The number of ketones is 1. The monoisotopic (exact) mass is 292 g/mol. The molecule has 1 aliphatic heterocycles. The van der Waals surface area contributed by atoms with Crippen LogP contribution in [0.15, 0.2) is 35.3 Å². The number of rotatable bonds is 6. The molecule has 0 aromatic carbocycles. The molecule has 5 heteroatoms. The molecule has 0 aromatic heterocycles. The second kappa shape index (κ2) is 7.20. The van der Waals surface area contributed by atoms with Gasteiger partial charge in [0.25, 0.3) is 0 Å². The molecule has 0 spiro atoms. The number of aliphatic imine (C=N–C) groups is 2. The molecule has 0 aliphatic carbocycles. The van der Waals surface area contributed by atoms with E-state index in [1.54, 1.807) is 20.3 Å². The fraction of sp³-hybridized carbons (Fsp3) is 0.562. The van der Waals surface area contributed by atoms with Gasteiger partial charge in [-0.15, -0.1) is 6.58 Å². The summed E-state index contributed by atoms with van der Waals surface area (Å²) in [6.45, 7) is 11.3. The number of hydrogen-bond acceptors (Lipinski definition) is 5. The lowest BCUT2D eigenvalue weighted by Gasteiger charge is -2.35. The van der Waals surface area contributed by atoms with E-state index in [-0.39, 0.29) is 24.2 Å². The Morgan fingerprint density at radius 3 is 2.48 bits per heavy atom. The zero-order valence-electron chi connectivity index (χ0n) is 13.3. The third-order valence-electron chi connectivity index (χ3n) is 3.44. The minimum atomic E-state index is -0.890. The molecule has 5 nitrogen and oxygen atoms in total. The lowest BCUT2D eigenvalue weighted by atomic mass is 9.87. The van der Waals surface area contributed by atoms with Gasteiger partial charge in [-0.25, -0.2) is 9.98 Å². The number of ether oxygens (including phenoxy) is 2. The second-order valence-electron chi connectivity index (χ2n) is 5.35. The number of carbonyl (C=O) groups is 1. The molecule has 1 heterocycles. The van der Waals surface area contributed by atoms with Gasteiger partial charge in [-0.2, -0.15) is 0 Å². The first kappa shape index (κ1) is 17.1. The Morgan fingerprint density at radius 1 is 1.38 bits per heavy atom. The van der Waals surface area contributed by atoms with Crippen molar-refractivity contribution in [1.82, 2.24) is 0 Å². The first-order chi connectivity index (χ1) is 9.93. The van der Waals surface area contributed by atoms with E-state index >= 15 is 0 Å². The molecule has 0 saturated carbocycles. The fourth-order valence-electron chi connectivity index (χ4n) is 2.39. The summed E-state index contributed by atoms with van der Waals surface area (Å²) in [5, 5.41) is 0. The van der Waals surface area contributed by atoms with Crippen LogP contribution < -0.4 is 0 Å². The Labute approximate surface area is 126 Å². The number of carbonyl (C=O) groups excluding carboxylic acids is 1. The topological polar surface area (TPSA) is 60.2 Å². The molecule has 0 N–H and O–H groups in total. The van der Waals surface area contributed by atoms with Gasteiger partial charge in [-0.05, 0) is 18.4 Å². The standard InChI is InChI=1S/C16H24N2O3/c1-7-9-16(10-12(19)8-2)15(21-6)17-13(11(3)4)14(18-16)20-5/h7-8,11,13H,1-2,9-10H2,3-6H3/t13-,16+/m1/s1. The third-order valence-corrected chi connectivity index (χ3v) is 3.44. The van der Waals surface area contributed by atoms with Gasteiger partial charge in [-0.1, -0.05) is 26.5 Å². The normalized spacial score (nSPS) is 24.9. The number of allylic oxidation sites excluding steroid dienone is 1. The molecule has 0 bridgehead atoms. The van der Waals surface area contributed by atoms with Gasteiger partial charge in [0.15, 0.2) is 5.78 Å². The van der Waals surface area contributed by atoms with Gasteiger partial charge in [0, 0.05) is 6.42 Å². The average molecular weight is 292 g/mol. The summed E-state index contributed by atoms with van der Waals surface area (Å²) in [4.78, 5) is 21.1. The maximum Gasteiger partial charge on any atom is 0.213 e. The minimum Gasteiger partial charge on any atom is -0.483 e. The highest BCUT2D eigenvalue weighted by Crippen LogP contribution is 2.31. The summed E-state index contributed by atoms with van der Waals surface area (Å²) < 4.78 is 10.8. The van der Waals surface area contributed by atoms with Crippen LogP contribution in [0, 0.1) is 5.92 Å². The average Bonchev–Trinajstić information content (AvgIpc) is 2.46. The van der Waals surface area contributed by atoms with E-state index < -0.39 is 5.54 Å². The van der Waals surface area contributed by atoms with Crippen molar-refractivity contribution in [3.05, 3.63) is 25.3 Å². The van der Waals surface area contributed by atoms with Gasteiger partial charge < -0.3 is 9.47 Å². The van der Waals surface area contributed by atoms with Crippen molar-refractivity contribution >= 4 is 17.6 Å². The van der Waals surface area contributed by atoms with E-state index in [1.807, 2.05) is 13.8 Å². The molecule has 1 aliphatic rings. The number of nitrogens with zero attached hydrogens (tertiary/aromatic N) is 2. The van der Waals surface area contributed by atoms with Crippen LogP contribution in [0.1, 0.15) is 26.7 Å². The highest BCUT2D eigenvalue weighted by molar-refractivity contribution is 6.02. The second-order valence-corrected chi connectivity index (χ2v) is 5.35. The van der Waals surface area contributed by atoms with E-state index in [0.29, 0.717) is 18.2 Å². The molecule has 1 rings (SSSR count). The lowest BCUT2D eigenvalue weighted by molar-refractivity contribution is -0.115. The summed E-state index contributed by atoms with van der Waals surface area (Å²) >= 11 is 0. The first-order valence-corrected chi connectivity index (χ1v) is 6.96. The Morgan fingerprint density at radius 2 is 2.05 bits per heavy atom. The van der Waals surface area contributed by atoms with Crippen LogP contribution in [0.25, 0.3) is 0 Å². The summed E-state index contributed by atoms with van der Waals surface area (Å²) in [5.74, 6) is 1.05. The Bertz CT molecular complexity index is 480. The predicted octanol–water partition coefficient (Wildman–Crippen LogP) is 2.57. The van der Waals surface area contributed by atoms with Crippen molar-refractivity contribution < 1.29 is 14.3 Å². The molecular formula is C16H24N2O3. The largest absolute Gasteiger partial charge is 0.483 e. The zero-order valence-corrected chi connectivity index (χ0v) is 13.3. The summed E-state index contributed by atoms with van der Waals surface area (Å²) in [5.41, 5.74) is -0.890. The maximum absolute atomic E-state index is 11.9. The smallest absolute Gasteiger partial charge is 0.213 e. The Kier molecular flexibility index (Phi) is 5.88. The quantitative estimate of drug-likeness (QED) is 0.558. The first-order valence-electron chi connectivity index (χ1n) is 6.96. The zero-order chi connectivity index (χ0) is 16.0. The van der Waals surface area contributed by atoms with Crippen molar-refractivity contribution in [3.8, 4) is 0 Å². The summed E-state index contributed by atoms with van der Waals surface area (Å²) in [7, 11) is 3.11. The molecule has 0 radical (unpaired) electrons. The number of methoxy groups -OCH3 is 2. The molecule has 0 fully saturated rings. The van der Waals surface area contributed by atoms with E-state index in [1.165, 1.54) is 6.08 Å². The Hall–Kier alpha value is -1.91. The van der Waals surface area contributed by atoms with Crippen molar-refractivity contribution in [2.45, 2.75) is 38.3 Å². The third kappa shape index (κ3) is 3.60. The summed E-state index contributed by atoms with van der Waals surface area (Å²) in [6, 6.07) is -0.207. The molecule has 0 aromatic rings. The van der Waals surface area contributed by atoms with Gasteiger partial charge in [0.2, 0.25) is 11.8 Å². The SMILES string of the molecule is C=CC[C@@]1(CC(=O)C=C)N=C(OC)[C@@H](C(C)C)N=C1OC. The van der Waals surface area contributed by atoms with E-state index in [2.05, 4.69) is 23.1 Å². The van der Waals surface area contributed by atoms with Gasteiger partial charge >= 0.3 is 0 Å². The van der Waals surface area contributed by atoms with Crippen LogP contribution in [0.4, 0.5) is 0 Å². The van der Waals surface area contributed by atoms with Gasteiger partial charge in [-0.3, -0.25) is 4.79 Å². The van der Waals surface area contributed by atoms with Crippen LogP contribution >= 0.6 is 0 Å². The molecule has 116 valence electrons. The van der Waals surface area contributed by atoms with Crippen molar-refractivity contribution in [2.24, 2.45) is 15.9 Å². The van der Waals surface area contributed by atoms with E-state index in [4.69, 9.17) is 9.47 Å². The molecule has 2 atom stereocenters. The van der Waals surface area contributed by atoms with Crippen molar-refractivity contribution in [3.63, 3.8) is 0 Å². The molecule has 21 heavy (non-hydrogen) atoms. The maximum atomic E-state index is 11.9. The van der Waals surface area contributed by atoms with E-state index in [9.17, 15) is 4.79 Å². The highest BCUT2D eigenvalue weighted by Gasteiger charge is 2.43. The molecule has 0 unspecified atom stereocenters. The molecule has 0 amide bonds. The van der Waals surface area contributed by atoms with E-state index in [0.717, 1.165) is 0 Å². The Balaban J connectivity index is 3.34. The lowest BCUT2D eigenvalue weighted by Crippen LogP contribution is -2.47. The van der Waals surface area contributed by atoms with Crippen LogP contribution in [-0.4, -0.2) is 43.4 Å². The summed E-state index contributed by atoms with van der Waals surface area (Å²) in [6.07, 6.45) is 3.57. The van der Waals surface area contributed by atoms with Crippen LogP contribution in [0.2, 0.25) is 0 Å². The van der Waals surface area contributed by atoms with Crippen molar-refractivity contribution in [1.29, 1.82) is 0 Å². The van der Waals surface area contributed by atoms with Crippen molar-refractivity contribution in [2.75, 3.05) is 14.2 Å². The van der Waals surface area contributed by atoms with Crippen LogP contribution in [0.5, 0.6) is 0 Å².